The molecule has 0 bridgehead atoms. The fourth-order valence-electron chi connectivity index (χ4n) is 2.87. The number of oxazole rings is 1. The van der Waals surface area contributed by atoms with E-state index in [1.165, 1.54) is 0 Å². The van der Waals surface area contributed by atoms with Crippen LogP contribution in [0.4, 0.5) is 5.69 Å². The van der Waals surface area contributed by atoms with E-state index in [0.717, 1.165) is 16.6 Å². The maximum Gasteiger partial charge on any atom is 0.255 e. The first-order valence-electron chi connectivity index (χ1n) is 8.66. The Kier molecular flexibility index (Phi) is 4.75. The normalized spacial score (nSPS) is 10.8. The first-order chi connectivity index (χ1) is 13.5. The van der Waals surface area contributed by atoms with Crippen LogP contribution in [-0.4, -0.2) is 18.0 Å². The van der Waals surface area contributed by atoms with Gasteiger partial charge in [0.05, 0.1) is 17.8 Å². The van der Waals surface area contributed by atoms with Gasteiger partial charge in [-0.05, 0) is 61.0 Å². The number of carbonyl (C=O) groups excluding carboxylic acids is 1. The summed E-state index contributed by atoms with van der Waals surface area (Å²) in [5.41, 5.74) is 4.27. The fourth-order valence-corrected chi connectivity index (χ4v) is 3.04. The van der Waals surface area contributed by atoms with Crippen molar-refractivity contribution in [3.63, 3.8) is 0 Å². The first-order valence-corrected chi connectivity index (χ1v) is 9.04. The van der Waals surface area contributed by atoms with Crippen molar-refractivity contribution in [2.45, 2.75) is 6.92 Å². The molecule has 0 aliphatic rings. The van der Waals surface area contributed by atoms with Gasteiger partial charge in [-0.1, -0.05) is 23.7 Å². The number of rotatable bonds is 4. The Balaban J connectivity index is 1.65. The predicted molar refractivity (Wildman–Crippen MR) is 110 cm³/mol. The molecule has 1 N–H and O–H groups in total. The zero-order chi connectivity index (χ0) is 19.7. The van der Waals surface area contributed by atoms with E-state index in [9.17, 15) is 4.79 Å². The third kappa shape index (κ3) is 3.57. The molecule has 1 heterocycles. The summed E-state index contributed by atoms with van der Waals surface area (Å²) >= 11 is 6.28. The van der Waals surface area contributed by atoms with Crippen molar-refractivity contribution in [3.8, 4) is 17.2 Å². The molecule has 5 nitrogen and oxygen atoms in total. The highest BCUT2D eigenvalue weighted by atomic mass is 35.5. The lowest BCUT2D eigenvalue weighted by atomic mass is 10.1. The van der Waals surface area contributed by atoms with Gasteiger partial charge in [0, 0.05) is 11.1 Å². The molecule has 3 aromatic carbocycles. The van der Waals surface area contributed by atoms with Crippen LogP contribution in [0.15, 0.2) is 65.1 Å². The molecule has 0 unspecified atom stereocenters. The fraction of sp³-hybridized carbons (Fsp3) is 0.0909. The van der Waals surface area contributed by atoms with Gasteiger partial charge in [0.2, 0.25) is 5.89 Å². The van der Waals surface area contributed by atoms with Gasteiger partial charge >= 0.3 is 0 Å². The molecule has 140 valence electrons. The summed E-state index contributed by atoms with van der Waals surface area (Å²) in [5.74, 6) is 0.787. The van der Waals surface area contributed by atoms with E-state index < -0.39 is 0 Å². The highest BCUT2D eigenvalue weighted by Crippen LogP contribution is 2.31. The van der Waals surface area contributed by atoms with Crippen LogP contribution in [0.2, 0.25) is 5.02 Å². The van der Waals surface area contributed by atoms with E-state index >= 15 is 0 Å². The molecule has 0 aliphatic carbocycles. The van der Waals surface area contributed by atoms with E-state index in [-0.39, 0.29) is 5.91 Å². The number of fused-ring (bicyclic) bond motifs is 1. The van der Waals surface area contributed by atoms with E-state index in [4.69, 9.17) is 20.8 Å². The summed E-state index contributed by atoms with van der Waals surface area (Å²) in [6, 6.07) is 18.0. The highest BCUT2D eigenvalue weighted by Gasteiger charge is 2.13. The van der Waals surface area contributed by atoms with Gasteiger partial charge in [-0.25, -0.2) is 4.98 Å². The van der Waals surface area contributed by atoms with Gasteiger partial charge < -0.3 is 14.5 Å². The molecule has 0 saturated heterocycles. The number of hydrogen-bond acceptors (Lipinski definition) is 4. The number of ether oxygens (including phenoxy) is 1. The quantitative estimate of drug-likeness (QED) is 0.482. The molecule has 6 heteroatoms. The van der Waals surface area contributed by atoms with Crippen molar-refractivity contribution in [2.24, 2.45) is 0 Å². The standard InChI is InChI=1S/C22H17ClN2O3/c1-13-6-9-20-19(10-13)25-22(28-20)15-7-8-17(23)18(12-15)24-21(26)14-4-3-5-16(11-14)27-2/h3-12H,1-2H3,(H,24,26). The van der Waals surface area contributed by atoms with Gasteiger partial charge in [0.25, 0.3) is 5.91 Å². The van der Waals surface area contributed by atoms with Crippen LogP contribution in [0.25, 0.3) is 22.6 Å². The molecule has 0 radical (unpaired) electrons. The number of anilines is 1. The SMILES string of the molecule is COc1cccc(C(=O)Nc2cc(-c3nc4cc(C)ccc4o3)ccc2Cl)c1. The lowest BCUT2D eigenvalue weighted by Gasteiger charge is -2.09. The number of amides is 1. The van der Waals surface area contributed by atoms with Crippen LogP contribution >= 0.6 is 11.6 Å². The minimum Gasteiger partial charge on any atom is -0.497 e. The van der Waals surface area contributed by atoms with E-state index in [1.54, 1.807) is 49.6 Å². The van der Waals surface area contributed by atoms with Crippen molar-refractivity contribution >= 4 is 34.3 Å². The van der Waals surface area contributed by atoms with Crippen LogP contribution in [0.5, 0.6) is 5.75 Å². The Morgan fingerprint density at radius 1 is 1.11 bits per heavy atom. The largest absolute Gasteiger partial charge is 0.497 e. The van der Waals surface area contributed by atoms with Gasteiger partial charge in [-0.2, -0.15) is 0 Å². The molecule has 1 amide bonds. The maximum absolute atomic E-state index is 12.6. The van der Waals surface area contributed by atoms with E-state index in [2.05, 4.69) is 10.3 Å². The highest BCUT2D eigenvalue weighted by molar-refractivity contribution is 6.34. The van der Waals surface area contributed by atoms with Crippen molar-refractivity contribution in [1.29, 1.82) is 0 Å². The predicted octanol–water partition coefficient (Wildman–Crippen LogP) is 5.72. The Labute approximate surface area is 166 Å². The van der Waals surface area contributed by atoms with Crippen molar-refractivity contribution < 1.29 is 13.9 Å². The molecule has 0 atom stereocenters. The maximum atomic E-state index is 12.6. The smallest absolute Gasteiger partial charge is 0.255 e. The summed E-state index contributed by atoms with van der Waals surface area (Å²) in [6.45, 7) is 2.00. The number of hydrogen-bond donors (Lipinski definition) is 1. The first kappa shape index (κ1) is 18.1. The topological polar surface area (TPSA) is 64.4 Å². The van der Waals surface area contributed by atoms with Crippen molar-refractivity contribution in [3.05, 3.63) is 76.8 Å². The number of nitrogens with zero attached hydrogens (tertiary/aromatic N) is 1. The Bertz CT molecular complexity index is 1180. The van der Waals surface area contributed by atoms with Crippen LogP contribution in [0, 0.1) is 6.92 Å². The molecule has 0 saturated carbocycles. The number of benzene rings is 3. The average molecular weight is 393 g/mol. The minimum absolute atomic E-state index is 0.286. The monoisotopic (exact) mass is 392 g/mol. The summed E-state index contributed by atoms with van der Waals surface area (Å²) in [4.78, 5) is 17.1. The number of nitrogens with one attached hydrogen (secondary N) is 1. The molecule has 4 rings (SSSR count). The molecule has 0 fully saturated rings. The summed E-state index contributed by atoms with van der Waals surface area (Å²) < 4.78 is 11.0. The molecular weight excluding hydrogens is 376 g/mol. The number of aromatic nitrogens is 1. The molecule has 1 aromatic heterocycles. The summed E-state index contributed by atoms with van der Waals surface area (Å²) in [6.07, 6.45) is 0. The second kappa shape index (κ2) is 7.37. The number of methoxy groups -OCH3 is 1. The van der Waals surface area contributed by atoms with Crippen LogP contribution in [0.1, 0.15) is 15.9 Å². The lowest BCUT2D eigenvalue weighted by Crippen LogP contribution is -2.12. The molecular formula is C22H17ClN2O3. The summed E-state index contributed by atoms with van der Waals surface area (Å²) in [7, 11) is 1.55. The van der Waals surface area contributed by atoms with Gasteiger partial charge in [0.1, 0.15) is 11.3 Å². The average Bonchev–Trinajstić information content (AvgIpc) is 3.12. The molecule has 0 aliphatic heterocycles. The third-order valence-corrected chi connectivity index (χ3v) is 4.67. The minimum atomic E-state index is -0.286. The number of aryl methyl sites for hydroxylation is 1. The van der Waals surface area contributed by atoms with E-state index in [1.807, 2.05) is 25.1 Å². The second-order valence-corrected chi connectivity index (χ2v) is 6.78. The van der Waals surface area contributed by atoms with Gasteiger partial charge in [-0.15, -0.1) is 0 Å². The number of carbonyl (C=O) groups is 1. The van der Waals surface area contributed by atoms with Gasteiger partial charge in [-0.3, -0.25) is 4.79 Å². The van der Waals surface area contributed by atoms with Crippen LogP contribution in [0.3, 0.4) is 0 Å². The molecule has 28 heavy (non-hydrogen) atoms. The van der Waals surface area contributed by atoms with Crippen LogP contribution in [-0.2, 0) is 0 Å². The zero-order valence-corrected chi connectivity index (χ0v) is 16.1. The summed E-state index contributed by atoms with van der Waals surface area (Å²) in [5, 5.41) is 3.26. The van der Waals surface area contributed by atoms with E-state index in [0.29, 0.717) is 33.5 Å². The van der Waals surface area contributed by atoms with Gasteiger partial charge in [0.15, 0.2) is 5.58 Å². The zero-order valence-electron chi connectivity index (χ0n) is 15.3. The number of halogens is 1. The molecule has 4 aromatic rings. The third-order valence-electron chi connectivity index (χ3n) is 4.34. The van der Waals surface area contributed by atoms with Crippen LogP contribution < -0.4 is 10.1 Å². The van der Waals surface area contributed by atoms with Crippen molar-refractivity contribution in [2.75, 3.05) is 12.4 Å². The van der Waals surface area contributed by atoms with Crippen molar-refractivity contribution in [1.82, 2.24) is 4.98 Å². The Morgan fingerprint density at radius 2 is 1.96 bits per heavy atom. The Morgan fingerprint density at radius 3 is 2.79 bits per heavy atom. The lowest BCUT2D eigenvalue weighted by molar-refractivity contribution is 0.102. The molecule has 0 spiro atoms. The Hall–Kier alpha value is -3.31. The second-order valence-electron chi connectivity index (χ2n) is 6.37.